The molecule has 0 bridgehead atoms. The number of methoxy groups -OCH3 is 1. The number of nitrogens with zero attached hydrogens (tertiary/aromatic N) is 1. The van der Waals surface area contributed by atoms with Gasteiger partial charge in [-0.1, -0.05) is 23.5 Å². The predicted octanol–water partition coefficient (Wildman–Crippen LogP) is 2.05. The summed E-state index contributed by atoms with van der Waals surface area (Å²) in [6.07, 6.45) is -0.559. The number of ether oxygens (including phenoxy) is 2. The van der Waals surface area contributed by atoms with Gasteiger partial charge >= 0.3 is 11.9 Å². The average molecular weight is 349 g/mol. The van der Waals surface area contributed by atoms with Crippen molar-refractivity contribution in [2.75, 3.05) is 13.7 Å². The van der Waals surface area contributed by atoms with Crippen LogP contribution in [0.15, 0.2) is 34.8 Å². The Labute approximate surface area is 141 Å². The van der Waals surface area contributed by atoms with E-state index in [1.807, 2.05) is 0 Å². The van der Waals surface area contributed by atoms with E-state index in [9.17, 15) is 19.5 Å². The second kappa shape index (κ2) is 7.69. The first-order valence-corrected chi connectivity index (χ1v) is 7.85. The molecule has 1 N–H and O–H groups in total. The number of para-hydroxylation sites is 1. The number of aromatic nitrogens is 1. The highest BCUT2D eigenvalue weighted by Crippen LogP contribution is 2.21. The predicted molar refractivity (Wildman–Crippen MR) is 88.7 cm³/mol. The molecule has 0 aliphatic heterocycles. The van der Waals surface area contributed by atoms with Gasteiger partial charge in [0.2, 0.25) is 0 Å². The summed E-state index contributed by atoms with van der Waals surface area (Å²) in [7, 11) is 1.11. The zero-order valence-corrected chi connectivity index (χ0v) is 13.9. The molecule has 0 fully saturated rings. The van der Waals surface area contributed by atoms with Gasteiger partial charge in [0.05, 0.1) is 23.9 Å². The zero-order valence-electron chi connectivity index (χ0n) is 13.1. The molecule has 0 atom stereocenters. The number of fused-ring (bicyclic) bond motifs is 1. The number of esters is 2. The van der Waals surface area contributed by atoms with Gasteiger partial charge in [-0.3, -0.25) is 9.59 Å². The van der Waals surface area contributed by atoms with E-state index in [2.05, 4.69) is 9.72 Å². The van der Waals surface area contributed by atoms with Gasteiger partial charge in [0.25, 0.3) is 4.74 Å². The number of hydrogen-bond acceptors (Lipinski definition) is 8. The Balaban J connectivity index is 2.60. The van der Waals surface area contributed by atoms with E-state index in [1.54, 1.807) is 31.2 Å². The maximum atomic E-state index is 12.3. The highest BCUT2D eigenvalue weighted by molar-refractivity contribution is 7.16. The number of carbonyl (C=O) groups is 2. The number of hydrogen-bond donors (Lipinski definition) is 1. The number of carbonyl (C=O) groups excluding carboxylic acids is 2. The van der Waals surface area contributed by atoms with E-state index in [0.29, 0.717) is 10.2 Å². The van der Waals surface area contributed by atoms with Gasteiger partial charge in [0.1, 0.15) is 23.4 Å². The molecular formula is C16H15NO6S. The highest BCUT2D eigenvalue weighted by Gasteiger charge is 2.25. The summed E-state index contributed by atoms with van der Waals surface area (Å²) in [5, 5.41) is 10.2. The summed E-state index contributed by atoms with van der Waals surface area (Å²) in [5.41, 5.74) is -0.202. The second-order valence-corrected chi connectivity index (χ2v) is 5.63. The third kappa shape index (κ3) is 3.77. The van der Waals surface area contributed by atoms with Crippen molar-refractivity contribution in [2.45, 2.75) is 13.3 Å². The minimum Gasteiger partial charge on any atom is -0.511 e. The molecule has 0 aliphatic rings. The molecular weight excluding hydrogens is 334 g/mol. The monoisotopic (exact) mass is 349 g/mol. The number of aliphatic hydroxyl groups excluding tert-OH is 1. The fraction of sp³-hybridized carbons (Fsp3) is 0.250. The van der Waals surface area contributed by atoms with Crippen molar-refractivity contribution >= 4 is 39.1 Å². The van der Waals surface area contributed by atoms with E-state index in [4.69, 9.17) is 4.74 Å². The molecule has 0 radical (unpaired) electrons. The third-order valence-electron chi connectivity index (χ3n) is 3.03. The van der Waals surface area contributed by atoms with E-state index >= 15 is 0 Å². The number of rotatable bonds is 5. The quantitative estimate of drug-likeness (QED) is 0.500. The van der Waals surface area contributed by atoms with Crippen LogP contribution < -0.4 is 4.74 Å². The van der Waals surface area contributed by atoms with Crippen LogP contribution in [0.4, 0.5) is 0 Å². The Morgan fingerprint density at radius 3 is 2.67 bits per heavy atom. The maximum absolute atomic E-state index is 12.3. The smallest absolute Gasteiger partial charge is 0.343 e. The van der Waals surface area contributed by atoms with Gasteiger partial charge in [0, 0.05) is 0 Å². The van der Waals surface area contributed by atoms with Crippen molar-refractivity contribution in [3.63, 3.8) is 0 Å². The second-order valence-electron chi connectivity index (χ2n) is 4.61. The normalized spacial score (nSPS) is 11.8. The van der Waals surface area contributed by atoms with Crippen LogP contribution in [-0.4, -0.2) is 35.7 Å². The van der Waals surface area contributed by atoms with E-state index in [1.165, 1.54) is 0 Å². The lowest BCUT2D eigenvalue weighted by molar-refractivity contribution is -0.142. The Morgan fingerprint density at radius 2 is 2.00 bits per heavy atom. The summed E-state index contributed by atoms with van der Waals surface area (Å²) in [6.45, 7) is 1.74. The maximum Gasteiger partial charge on any atom is 0.343 e. The van der Waals surface area contributed by atoms with Gasteiger partial charge in [0.15, 0.2) is 0 Å². The lowest BCUT2D eigenvalue weighted by Crippen LogP contribution is -2.17. The largest absolute Gasteiger partial charge is 0.511 e. The SMILES string of the molecule is CCOC(=O)C/C(O)=C(\C(=O)OC)c1nc2ccccc2sc1=O. The van der Waals surface area contributed by atoms with E-state index in [0.717, 1.165) is 18.4 Å². The van der Waals surface area contributed by atoms with Crippen LogP contribution >= 0.6 is 11.3 Å². The Morgan fingerprint density at radius 1 is 1.29 bits per heavy atom. The highest BCUT2D eigenvalue weighted by atomic mass is 32.1. The van der Waals surface area contributed by atoms with Crippen LogP contribution in [-0.2, 0) is 19.1 Å². The Bertz CT molecular complexity index is 870. The van der Waals surface area contributed by atoms with E-state index in [-0.39, 0.29) is 12.3 Å². The summed E-state index contributed by atoms with van der Waals surface area (Å²) in [6, 6.07) is 6.88. The molecule has 8 heteroatoms. The van der Waals surface area contributed by atoms with Crippen molar-refractivity contribution in [2.24, 2.45) is 0 Å². The molecule has 2 rings (SSSR count). The van der Waals surface area contributed by atoms with Gasteiger partial charge in [-0.05, 0) is 19.1 Å². The Hall–Kier alpha value is -2.74. The minimum absolute atomic E-state index is 0.128. The minimum atomic E-state index is -0.955. The molecule has 0 saturated carbocycles. The van der Waals surface area contributed by atoms with Crippen LogP contribution in [0.25, 0.3) is 15.8 Å². The van der Waals surface area contributed by atoms with Crippen LogP contribution in [0.3, 0.4) is 0 Å². The van der Waals surface area contributed by atoms with Crippen molar-refractivity contribution in [3.05, 3.63) is 45.3 Å². The summed E-state index contributed by atoms with van der Waals surface area (Å²) < 4.78 is 9.46. The summed E-state index contributed by atoms with van der Waals surface area (Å²) in [4.78, 5) is 40.0. The molecule has 1 heterocycles. The van der Waals surface area contributed by atoms with Crippen molar-refractivity contribution in [3.8, 4) is 0 Å². The van der Waals surface area contributed by atoms with Gasteiger partial charge in [-0.25, -0.2) is 9.78 Å². The Kier molecular flexibility index (Phi) is 5.64. The number of benzene rings is 1. The van der Waals surface area contributed by atoms with Crippen LogP contribution in [0.1, 0.15) is 19.0 Å². The van der Waals surface area contributed by atoms with Crippen molar-refractivity contribution < 1.29 is 24.2 Å². The van der Waals surface area contributed by atoms with Crippen LogP contribution in [0.2, 0.25) is 0 Å². The standard InChI is InChI=1S/C16H15NO6S/c1-3-23-12(19)8-10(18)13(15(20)22-2)14-16(21)24-11-7-5-4-6-9(11)17-14/h4-7,18H,3,8H2,1-2H3/b13-10+. The number of aliphatic hydroxyl groups is 1. The first-order valence-electron chi connectivity index (χ1n) is 7.04. The average Bonchev–Trinajstić information content (AvgIpc) is 2.55. The molecule has 0 saturated heterocycles. The van der Waals surface area contributed by atoms with Gasteiger partial charge in [-0.15, -0.1) is 0 Å². The lowest BCUT2D eigenvalue weighted by Gasteiger charge is -2.08. The molecule has 1 aromatic heterocycles. The molecule has 0 unspecified atom stereocenters. The summed E-state index contributed by atoms with van der Waals surface area (Å²) >= 11 is 0.884. The molecule has 0 amide bonds. The third-order valence-corrected chi connectivity index (χ3v) is 3.97. The molecule has 0 spiro atoms. The molecule has 7 nitrogen and oxygen atoms in total. The molecule has 126 valence electrons. The summed E-state index contributed by atoms with van der Waals surface area (Å²) in [5.74, 6) is -2.30. The molecule has 24 heavy (non-hydrogen) atoms. The molecule has 0 aliphatic carbocycles. The zero-order chi connectivity index (χ0) is 17.7. The van der Waals surface area contributed by atoms with Crippen LogP contribution in [0, 0.1) is 0 Å². The lowest BCUT2D eigenvalue weighted by atomic mass is 10.1. The molecule has 1 aromatic carbocycles. The fourth-order valence-electron chi connectivity index (χ4n) is 2.00. The van der Waals surface area contributed by atoms with Gasteiger partial charge in [-0.2, -0.15) is 0 Å². The first-order chi connectivity index (χ1) is 11.5. The fourth-order valence-corrected chi connectivity index (χ4v) is 2.81. The first kappa shape index (κ1) is 17.6. The van der Waals surface area contributed by atoms with Gasteiger partial charge < -0.3 is 14.6 Å². The molecule has 2 aromatic rings. The van der Waals surface area contributed by atoms with Crippen molar-refractivity contribution in [1.82, 2.24) is 4.98 Å². The van der Waals surface area contributed by atoms with Crippen molar-refractivity contribution in [1.29, 1.82) is 0 Å². The topological polar surface area (TPSA) is 103 Å². The van der Waals surface area contributed by atoms with Crippen LogP contribution in [0.5, 0.6) is 0 Å². The van der Waals surface area contributed by atoms with E-state index < -0.39 is 34.4 Å².